The highest BCUT2D eigenvalue weighted by Gasteiger charge is 2.33. The van der Waals surface area contributed by atoms with Crippen LogP contribution in [-0.2, 0) is 12.6 Å². The van der Waals surface area contributed by atoms with Crippen LogP contribution in [0.5, 0.6) is 0 Å². The lowest BCUT2D eigenvalue weighted by Gasteiger charge is -2.32. The van der Waals surface area contributed by atoms with Gasteiger partial charge >= 0.3 is 6.18 Å². The van der Waals surface area contributed by atoms with Gasteiger partial charge in [0.25, 0.3) is 11.5 Å². The predicted molar refractivity (Wildman–Crippen MR) is 92.2 cm³/mol. The van der Waals surface area contributed by atoms with Crippen molar-refractivity contribution in [2.24, 2.45) is 5.92 Å². The largest absolute Gasteiger partial charge is 0.431 e. The van der Waals surface area contributed by atoms with E-state index < -0.39 is 23.3 Å². The number of nitrogens with one attached hydrogen (secondary N) is 2. The number of rotatable bonds is 4. The lowest BCUT2D eigenvalue weighted by Crippen LogP contribution is -2.36. The highest BCUT2D eigenvalue weighted by Crippen LogP contribution is 2.34. The fraction of sp³-hybridized carbons (Fsp3) is 0.368. The van der Waals surface area contributed by atoms with Crippen molar-refractivity contribution in [2.75, 3.05) is 6.61 Å². The maximum absolute atomic E-state index is 12.7. The second kappa shape index (κ2) is 7.56. The molecule has 1 unspecified atom stereocenters. The summed E-state index contributed by atoms with van der Waals surface area (Å²) in [6.45, 7) is 0.0338. The lowest BCUT2D eigenvalue weighted by atomic mass is 9.79. The number of aliphatic hydroxyl groups excluding tert-OH is 1. The molecule has 144 valence electrons. The number of aliphatic hydroxyl groups is 1. The van der Waals surface area contributed by atoms with Gasteiger partial charge in [0, 0.05) is 6.61 Å². The molecular formula is C19H19F3N2O3. The molecule has 0 fully saturated rings. The highest BCUT2D eigenvalue weighted by molar-refractivity contribution is 5.94. The molecule has 2 atom stereocenters. The Balaban J connectivity index is 1.84. The first kappa shape index (κ1) is 19.2. The van der Waals surface area contributed by atoms with Gasteiger partial charge in [0.15, 0.2) is 0 Å². The van der Waals surface area contributed by atoms with E-state index >= 15 is 0 Å². The minimum absolute atomic E-state index is 0.0338. The van der Waals surface area contributed by atoms with Crippen LogP contribution in [0.15, 0.2) is 41.2 Å². The molecule has 0 bridgehead atoms. The summed E-state index contributed by atoms with van der Waals surface area (Å²) in [7, 11) is 0. The first-order chi connectivity index (χ1) is 12.8. The monoisotopic (exact) mass is 380 g/mol. The fourth-order valence-electron chi connectivity index (χ4n) is 3.51. The molecule has 1 heterocycles. The molecule has 8 heteroatoms. The molecule has 1 aliphatic rings. The summed E-state index contributed by atoms with van der Waals surface area (Å²) >= 11 is 0. The van der Waals surface area contributed by atoms with Gasteiger partial charge in [-0.15, -0.1) is 0 Å². The summed E-state index contributed by atoms with van der Waals surface area (Å²) in [5.74, 6) is -0.560. The molecule has 0 spiro atoms. The van der Waals surface area contributed by atoms with Gasteiger partial charge in [0.05, 0.1) is 6.04 Å². The maximum Gasteiger partial charge on any atom is 0.431 e. The number of alkyl halides is 3. The number of carbonyl (C=O) groups excluding carboxylic acids is 1. The van der Waals surface area contributed by atoms with Gasteiger partial charge in [-0.25, -0.2) is 0 Å². The van der Waals surface area contributed by atoms with Crippen molar-refractivity contribution in [3.05, 3.63) is 69.1 Å². The van der Waals surface area contributed by atoms with Crippen molar-refractivity contribution >= 4 is 5.91 Å². The first-order valence-corrected chi connectivity index (χ1v) is 8.59. The summed E-state index contributed by atoms with van der Waals surface area (Å²) in [5.41, 5.74) is -0.685. The molecule has 0 aliphatic heterocycles. The maximum atomic E-state index is 12.7. The van der Waals surface area contributed by atoms with E-state index in [2.05, 4.69) is 5.32 Å². The highest BCUT2D eigenvalue weighted by atomic mass is 19.4. The molecule has 0 saturated heterocycles. The van der Waals surface area contributed by atoms with Gasteiger partial charge in [-0.05, 0) is 48.4 Å². The van der Waals surface area contributed by atoms with Crippen molar-refractivity contribution < 1.29 is 23.1 Å². The minimum atomic E-state index is -4.69. The Bertz CT molecular complexity index is 892. The Labute approximate surface area is 153 Å². The van der Waals surface area contributed by atoms with E-state index in [1.165, 1.54) is 0 Å². The third-order valence-corrected chi connectivity index (χ3v) is 4.81. The number of amides is 1. The molecule has 2 aromatic rings. The molecule has 1 amide bonds. The summed E-state index contributed by atoms with van der Waals surface area (Å²) in [4.78, 5) is 26.1. The van der Waals surface area contributed by atoms with E-state index in [0.29, 0.717) is 18.9 Å². The van der Waals surface area contributed by atoms with Crippen LogP contribution in [-0.4, -0.2) is 22.6 Å². The Morgan fingerprint density at radius 1 is 1.22 bits per heavy atom. The third kappa shape index (κ3) is 4.21. The third-order valence-electron chi connectivity index (χ3n) is 4.81. The number of benzene rings is 1. The Morgan fingerprint density at radius 2 is 1.96 bits per heavy atom. The van der Waals surface area contributed by atoms with Gasteiger partial charge < -0.3 is 15.4 Å². The van der Waals surface area contributed by atoms with Crippen LogP contribution in [0.1, 0.15) is 46.1 Å². The van der Waals surface area contributed by atoms with Crippen LogP contribution >= 0.6 is 0 Å². The number of halogens is 3. The number of carbonyl (C=O) groups is 1. The van der Waals surface area contributed by atoms with Gasteiger partial charge in [0.1, 0.15) is 11.3 Å². The first-order valence-electron chi connectivity index (χ1n) is 8.59. The normalized spacial score (nSPS) is 19.4. The van der Waals surface area contributed by atoms with E-state index in [-0.39, 0.29) is 24.1 Å². The van der Waals surface area contributed by atoms with Gasteiger partial charge in [-0.1, -0.05) is 24.3 Å². The SMILES string of the molecule is O=C(N[C@@H]1CC(CCO)Cc2ccccc21)c1ccc(C(F)(F)F)[nH]c1=O. The molecule has 3 N–H and O–H groups in total. The summed E-state index contributed by atoms with van der Waals surface area (Å²) < 4.78 is 38.0. The second-order valence-corrected chi connectivity index (χ2v) is 6.66. The molecule has 5 nitrogen and oxygen atoms in total. The molecule has 3 rings (SSSR count). The molecule has 0 radical (unpaired) electrons. The molecule has 1 aromatic heterocycles. The van der Waals surface area contributed by atoms with E-state index in [9.17, 15) is 27.9 Å². The molecule has 0 saturated carbocycles. The Kier molecular flexibility index (Phi) is 5.36. The van der Waals surface area contributed by atoms with Crippen molar-refractivity contribution in [3.63, 3.8) is 0 Å². The topological polar surface area (TPSA) is 82.2 Å². The van der Waals surface area contributed by atoms with Gasteiger partial charge in [-0.3, -0.25) is 9.59 Å². The second-order valence-electron chi connectivity index (χ2n) is 6.66. The predicted octanol–water partition coefficient (Wildman–Crippen LogP) is 2.81. The molecular weight excluding hydrogens is 361 g/mol. The number of H-pyrrole nitrogens is 1. The van der Waals surface area contributed by atoms with Crippen LogP contribution in [0.4, 0.5) is 13.2 Å². The van der Waals surface area contributed by atoms with Crippen LogP contribution in [0.25, 0.3) is 0 Å². The Morgan fingerprint density at radius 3 is 2.63 bits per heavy atom. The quantitative estimate of drug-likeness (QED) is 0.763. The molecule has 1 aromatic carbocycles. The van der Waals surface area contributed by atoms with E-state index in [1.54, 1.807) is 4.98 Å². The number of aromatic amines is 1. The average molecular weight is 380 g/mol. The number of hydrogen-bond donors (Lipinski definition) is 3. The van der Waals surface area contributed by atoms with Gasteiger partial charge in [0.2, 0.25) is 0 Å². The zero-order chi connectivity index (χ0) is 19.6. The van der Waals surface area contributed by atoms with Crippen LogP contribution in [0, 0.1) is 5.92 Å². The minimum Gasteiger partial charge on any atom is -0.396 e. The van der Waals surface area contributed by atoms with E-state index in [1.807, 2.05) is 24.3 Å². The van der Waals surface area contributed by atoms with E-state index in [0.717, 1.165) is 23.6 Å². The smallest absolute Gasteiger partial charge is 0.396 e. The summed E-state index contributed by atoms with van der Waals surface area (Å²) in [6, 6.07) is 8.75. The fourth-order valence-corrected chi connectivity index (χ4v) is 3.51. The zero-order valence-electron chi connectivity index (χ0n) is 14.3. The Hall–Kier alpha value is -2.61. The summed E-state index contributed by atoms with van der Waals surface area (Å²) in [5, 5.41) is 12.0. The zero-order valence-corrected chi connectivity index (χ0v) is 14.3. The lowest BCUT2D eigenvalue weighted by molar-refractivity contribution is -0.141. The standard InChI is InChI=1S/C19H19F3N2O3/c20-19(21,22)16-6-5-14(18(27)24-16)17(26)23-15-10-11(7-8-25)9-12-3-1-2-4-13(12)15/h1-6,11,15,25H,7-10H2,(H,23,26)(H,24,27)/t11?,15-/m1/s1. The van der Waals surface area contributed by atoms with Crippen molar-refractivity contribution in [3.8, 4) is 0 Å². The summed E-state index contributed by atoms with van der Waals surface area (Å²) in [6.07, 6.45) is -2.73. The number of aromatic nitrogens is 1. The van der Waals surface area contributed by atoms with Gasteiger partial charge in [-0.2, -0.15) is 13.2 Å². The van der Waals surface area contributed by atoms with Crippen LogP contribution < -0.4 is 10.9 Å². The van der Waals surface area contributed by atoms with Crippen molar-refractivity contribution in [2.45, 2.75) is 31.5 Å². The van der Waals surface area contributed by atoms with Crippen molar-refractivity contribution in [1.82, 2.24) is 10.3 Å². The number of pyridine rings is 1. The molecule has 27 heavy (non-hydrogen) atoms. The van der Waals surface area contributed by atoms with Crippen LogP contribution in [0.2, 0.25) is 0 Å². The molecule has 1 aliphatic carbocycles. The average Bonchev–Trinajstić information content (AvgIpc) is 2.61. The van der Waals surface area contributed by atoms with Crippen molar-refractivity contribution in [1.29, 1.82) is 0 Å². The number of hydrogen-bond acceptors (Lipinski definition) is 3. The van der Waals surface area contributed by atoms with E-state index in [4.69, 9.17) is 0 Å². The number of fused-ring (bicyclic) bond motifs is 1. The van der Waals surface area contributed by atoms with Crippen LogP contribution in [0.3, 0.4) is 0 Å².